The van der Waals surface area contributed by atoms with Gasteiger partial charge < -0.3 is 14.3 Å². The van der Waals surface area contributed by atoms with Crippen LogP contribution in [-0.4, -0.2) is 50.7 Å². The van der Waals surface area contributed by atoms with Crippen molar-refractivity contribution in [3.8, 4) is 6.07 Å². The Hall–Kier alpha value is -3.47. The van der Waals surface area contributed by atoms with E-state index in [4.69, 9.17) is 16.9 Å². The van der Waals surface area contributed by atoms with E-state index in [1.807, 2.05) is 50.8 Å². The van der Waals surface area contributed by atoms with Crippen molar-refractivity contribution < 1.29 is 9.59 Å². The number of hydrogen-bond donors (Lipinski definition) is 0. The van der Waals surface area contributed by atoms with Gasteiger partial charge in [0.25, 0.3) is 0 Å². The minimum Gasteiger partial charge on any atom is -0.337 e. The van der Waals surface area contributed by atoms with Gasteiger partial charge in [-0.15, -0.1) is 0 Å². The summed E-state index contributed by atoms with van der Waals surface area (Å²) in [6.07, 6.45) is 5.02. The number of hydrogen-bond acceptors (Lipinski definition) is 5. The number of halogens is 1. The van der Waals surface area contributed by atoms with Gasteiger partial charge >= 0.3 is 0 Å². The summed E-state index contributed by atoms with van der Waals surface area (Å²) >= 11 is 6.08. The molecule has 2 heterocycles. The SMILES string of the molecule is N#Cc1ccc(Cn2cncc2CN(CC=O)C2CCN(Cc3cccc(Cl)c3)C2=O)cc1. The van der Waals surface area contributed by atoms with Crippen molar-refractivity contribution >= 4 is 23.8 Å². The van der Waals surface area contributed by atoms with Gasteiger partial charge in [-0.05, 0) is 41.8 Å². The van der Waals surface area contributed by atoms with Crippen LogP contribution >= 0.6 is 11.6 Å². The second-order valence-electron chi connectivity index (χ2n) is 8.11. The van der Waals surface area contributed by atoms with Gasteiger partial charge in [0.2, 0.25) is 5.91 Å². The zero-order valence-electron chi connectivity index (χ0n) is 18.1. The normalized spacial score (nSPS) is 15.7. The highest BCUT2D eigenvalue weighted by molar-refractivity contribution is 6.30. The molecular formula is C25H24ClN5O2. The Bertz CT molecular complexity index is 1170. The summed E-state index contributed by atoms with van der Waals surface area (Å²) < 4.78 is 2.00. The average Bonchev–Trinajstić information content (AvgIpc) is 3.40. The molecule has 168 valence electrons. The quantitative estimate of drug-likeness (QED) is 0.457. The highest BCUT2D eigenvalue weighted by Crippen LogP contribution is 2.22. The molecule has 0 spiro atoms. The number of rotatable bonds is 9. The molecule has 4 rings (SSSR count). The molecule has 1 aliphatic rings. The molecule has 0 aliphatic carbocycles. The molecule has 1 fully saturated rings. The van der Waals surface area contributed by atoms with Gasteiger partial charge in [-0.25, -0.2) is 4.98 Å². The first-order valence-electron chi connectivity index (χ1n) is 10.8. The summed E-state index contributed by atoms with van der Waals surface area (Å²) in [6, 6.07) is 16.7. The maximum Gasteiger partial charge on any atom is 0.240 e. The smallest absolute Gasteiger partial charge is 0.240 e. The lowest BCUT2D eigenvalue weighted by atomic mass is 10.1. The fourth-order valence-corrected chi connectivity index (χ4v) is 4.40. The molecule has 3 aromatic rings. The summed E-state index contributed by atoms with van der Waals surface area (Å²) in [5.74, 6) is 0.0231. The van der Waals surface area contributed by atoms with Crippen LogP contribution in [0.4, 0.5) is 0 Å². The van der Waals surface area contributed by atoms with Crippen LogP contribution in [0.15, 0.2) is 61.1 Å². The highest BCUT2D eigenvalue weighted by Gasteiger charge is 2.36. The molecule has 0 radical (unpaired) electrons. The second-order valence-corrected chi connectivity index (χ2v) is 8.55. The monoisotopic (exact) mass is 461 g/mol. The Labute approximate surface area is 197 Å². The van der Waals surface area contributed by atoms with E-state index in [2.05, 4.69) is 11.1 Å². The molecule has 1 unspecified atom stereocenters. The van der Waals surface area contributed by atoms with Crippen molar-refractivity contribution in [2.24, 2.45) is 0 Å². The molecule has 0 N–H and O–H groups in total. The molecule has 0 saturated carbocycles. The second kappa shape index (κ2) is 10.4. The molecule has 8 heteroatoms. The lowest BCUT2D eigenvalue weighted by Crippen LogP contribution is -2.42. The molecule has 1 aliphatic heterocycles. The molecule has 0 bridgehead atoms. The third kappa shape index (κ3) is 5.48. The number of benzene rings is 2. The number of carbonyl (C=O) groups excluding carboxylic acids is 2. The van der Waals surface area contributed by atoms with Gasteiger partial charge in [0.05, 0.1) is 36.2 Å². The molecule has 2 aromatic carbocycles. The summed E-state index contributed by atoms with van der Waals surface area (Å²) in [4.78, 5) is 32.6. The van der Waals surface area contributed by atoms with E-state index in [0.29, 0.717) is 43.2 Å². The third-order valence-corrected chi connectivity index (χ3v) is 6.12. The molecule has 1 saturated heterocycles. The standard InChI is InChI=1S/C25H24ClN5O2/c26-22-3-1-2-21(12-22)16-30-9-8-24(25(30)33)29(10-11-32)17-23-14-28-18-31(23)15-20-6-4-19(13-27)5-7-20/h1-7,11-12,14,18,24H,8-10,15-17H2. The maximum absolute atomic E-state index is 13.2. The van der Waals surface area contributed by atoms with Gasteiger partial charge in [-0.1, -0.05) is 35.9 Å². The molecule has 7 nitrogen and oxygen atoms in total. The van der Waals surface area contributed by atoms with E-state index < -0.39 is 0 Å². The number of amides is 1. The third-order valence-electron chi connectivity index (χ3n) is 5.88. The molecule has 1 amide bonds. The fourth-order valence-electron chi connectivity index (χ4n) is 4.18. The summed E-state index contributed by atoms with van der Waals surface area (Å²) in [5, 5.41) is 9.63. The van der Waals surface area contributed by atoms with E-state index in [9.17, 15) is 9.59 Å². The lowest BCUT2D eigenvalue weighted by molar-refractivity contribution is -0.133. The van der Waals surface area contributed by atoms with Crippen LogP contribution in [-0.2, 0) is 29.2 Å². The Kier molecular flexibility index (Phi) is 7.18. The zero-order chi connectivity index (χ0) is 23.2. The first-order chi connectivity index (χ1) is 16.1. The minimum absolute atomic E-state index is 0.0231. The fraction of sp³-hybridized carbons (Fsp3) is 0.280. The average molecular weight is 462 g/mol. The first-order valence-corrected chi connectivity index (χ1v) is 11.1. The number of nitrogens with zero attached hydrogens (tertiary/aromatic N) is 5. The summed E-state index contributed by atoms with van der Waals surface area (Å²) in [6.45, 7) is 2.34. The highest BCUT2D eigenvalue weighted by atomic mass is 35.5. The van der Waals surface area contributed by atoms with Gasteiger partial charge in [-0.3, -0.25) is 9.69 Å². The van der Waals surface area contributed by atoms with Crippen LogP contribution in [0.25, 0.3) is 0 Å². The Morgan fingerprint density at radius 3 is 2.73 bits per heavy atom. The minimum atomic E-state index is -0.354. The number of carbonyl (C=O) groups is 2. The van der Waals surface area contributed by atoms with E-state index in [0.717, 1.165) is 23.1 Å². The number of likely N-dealkylation sites (tertiary alicyclic amines) is 1. The lowest BCUT2D eigenvalue weighted by Gasteiger charge is -2.26. The molecule has 1 atom stereocenters. The molecular weight excluding hydrogens is 438 g/mol. The number of aromatic nitrogens is 2. The van der Waals surface area contributed by atoms with E-state index in [1.165, 1.54) is 0 Å². The van der Waals surface area contributed by atoms with Crippen molar-refractivity contribution in [2.45, 2.75) is 32.1 Å². The van der Waals surface area contributed by atoms with Crippen LogP contribution < -0.4 is 0 Å². The predicted molar refractivity (Wildman–Crippen MR) is 124 cm³/mol. The maximum atomic E-state index is 13.2. The molecule has 1 aromatic heterocycles. The van der Waals surface area contributed by atoms with E-state index in [1.54, 1.807) is 24.7 Å². The predicted octanol–water partition coefficient (Wildman–Crippen LogP) is 3.26. The van der Waals surface area contributed by atoms with Crippen LogP contribution in [0.5, 0.6) is 0 Å². The Morgan fingerprint density at radius 1 is 1.18 bits per heavy atom. The van der Waals surface area contributed by atoms with Crippen molar-refractivity contribution in [3.05, 3.63) is 88.5 Å². The number of nitriles is 1. The van der Waals surface area contributed by atoms with E-state index in [-0.39, 0.29) is 18.5 Å². The van der Waals surface area contributed by atoms with E-state index >= 15 is 0 Å². The van der Waals surface area contributed by atoms with Crippen molar-refractivity contribution in [1.82, 2.24) is 19.4 Å². The van der Waals surface area contributed by atoms with Crippen LogP contribution in [0.2, 0.25) is 5.02 Å². The van der Waals surface area contributed by atoms with Crippen LogP contribution in [0, 0.1) is 11.3 Å². The topological polar surface area (TPSA) is 82.2 Å². The number of aldehydes is 1. The van der Waals surface area contributed by atoms with Gasteiger partial charge in [0.1, 0.15) is 6.29 Å². The van der Waals surface area contributed by atoms with Gasteiger partial charge in [-0.2, -0.15) is 5.26 Å². The van der Waals surface area contributed by atoms with Gasteiger partial charge in [0, 0.05) is 37.4 Å². The summed E-state index contributed by atoms with van der Waals surface area (Å²) in [7, 11) is 0. The number of imidazole rings is 1. The van der Waals surface area contributed by atoms with Crippen molar-refractivity contribution in [1.29, 1.82) is 5.26 Å². The van der Waals surface area contributed by atoms with Crippen LogP contribution in [0.3, 0.4) is 0 Å². The Balaban J connectivity index is 1.45. The van der Waals surface area contributed by atoms with Gasteiger partial charge in [0.15, 0.2) is 0 Å². The molecule has 33 heavy (non-hydrogen) atoms. The largest absolute Gasteiger partial charge is 0.337 e. The zero-order valence-corrected chi connectivity index (χ0v) is 18.9. The van der Waals surface area contributed by atoms with Crippen LogP contribution in [0.1, 0.15) is 28.8 Å². The van der Waals surface area contributed by atoms with Crippen molar-refractivity contribution in [2.75, 3.05) is 13.1 Å². The first kappa shape index (κ1) is 22.7. The van der Waals surface area contributed by atoms with Crippen molar-refractivity contribution in [3.63, 3.8) is 0 Å². The Morgan fingerprint density at radius 2 is 2.00 bits per heavy atom. The summed E-state index contributed by atoms with van der Waals surface area (Å²) in [5.41, 5.74) is 3.56.